The Morgan fingerprint density at radius 1 is 1.75 bits per heavy atom. The molecule has 3 unspecified atom stereocenters. The summed E-state index contributed by atoms with van der Waals surface area (Å²) in [5, 5.41) is 9.75. The number of aliphatic hydroxyl groups is 1. The van der Waals surface area contributed by atoms with E-state index >= 15 is 0 Å². The predicted molar refractivity (Wildman–Crippen MR) is 49.0 cm³/mol. The zero-order valence-electron chi connectivity index (χ0n) is 7.92. The highest BCUT2D eigenvalue weighted by molar-refractivity contribution is 4.94. The highest BCUT2D eigenvalue weighted by Gasteiger charge is 2.30. The molecule has 0 saturated carbocycles. The molecule has 0 radical (unpaired) electrons. The van der Waals surface area contributed by atoms with Crippen LogP contribution in [-0.2, 0) is 4.74 Å². The molecular formula is C10H18O2. The molecule has 1 rings (SSSR count). The first kappa shape index (κ1) is 9.75. The quantitative estimate of drug-likeness (QED) is 0.654. The van der Waals surface area contributed by atoms with Crippen molar-refractivity contribution in [3.63, 3.8) is 0 Å². The molecule has 0 aliphatic carbocycles. The minimum atomic E-state index is -0.264. The fourth-order valence-electron chi connectivity index (χ4n) is 1.76. The van der Waals surface area contributed by atoms with E-state index in [9.17, 15) is 5.11 Å². The normalized spacial score (nSPS) is 31.9. The van der Waals surface area contributed by atoms with Gasteiger partial charge >= 0.3 is 0 Å². The summed E-state index contributed by atoms with van der Waals surface area (Å²) in [4.78, 5) is 0. The summed E-state index contributed by atoms with van der Waals surface area (Å²) in [6, 6.07) is 0. The Morgan fingerprint density at radius 2 is 2.42 bits per heavy atom. The maximum absolute atomic E-state index is 9.75. The molecule has 0 aromatic rings. The molecule has 2 nitrogen and oxygen atoms in total. The number of aliphatic hydroxyl groups excluding tert-OH is 1. The number of hydrogen-bond donors (Lipinski definition) is 1. The fourth-order valence-corrected chi connectivity index (χ4v) is 1.76. The Morgan fingerprint density at radius 3 is 2.83 bits per heavy atom. The zero-order valence-corrected chi connectivity index (χ0v) is 7.92. The number of hydrogen-bond acceptors (Lipinski definition) is 2. The molecule has 3 atom stereocenters. The Kier molecular flexibility index (Phi) is 3.29. The Balaban J connectivity index is 2.40. The lowest BCUT2D eigenvalue weighted by molar-refractivity contribution is 0.0441. The first-order valence-electron chi connectivity index (χ1n) is 4.55. The third kappa shape index (κ3) is 2.32. The molecule has 70 valence electrons. The van der Waals surface area contributed by atoms with Crippen molar-refractivity contribution in [3.8, 4) is 0 Å². The van der Waals surface area contributed by atoms with Crippen LogP contribution in [0.4, 0.5) is 0 Å². The molecule has 0 amide bonds. The van der Waals surface area contributed by atoms with Crippen molar-refractivity contribution in [2.75, 3.05) is 6.61 Å². The molecule has 0 spiro atoms. The van der Waals surface area contributed by atoms with Crippen molar-refractivity contribution >= 4 is 0 Å². The van der Waals surface area contributed by atoms with Crippen LogP contribution >= 0.6 is 0 Å². The van der Waals surface area contributed by atoms with Crippen molar-refractivity contribution in [2.45, 2.75) is 38.9 Å². The zero-order chi connectivity index (χ0) is 9.14. The van der Waals surface area contributed by atoms with E-state index in [0.717, 1.165) is 18.6 Å². The molecule has 0 aromatic carbocycles. The van der Waals surface area contributed by atoms with Crippen molar-refractivity contribution in [1.82, 2.24) is 0 Å². The average Bonchev–Trinajstić information content (AvgIpc) is 2.33. The summed E-state index contributed by atoms with van der Waals surface area (Å²) >= 11 is 0. The molecule has 1 fully saturated rings. The summed E-state index contributed by atoms with van der Waals surface area (Å²) in [7, 11) is 0. The van der Waals surface area contributed by atoms with Crippen LogP contribution in [0.1, 0.15) is 26.7 Å². The van der Waals surface area contributed by atoms with E-state index in [4.69, 9.17) is 4.74 Å². The molecule has 1 aliphatic heterocycles. The van der Waals surface area contributed by atoms with Crippen LogP contribution in [0.25, 0.3) is 0 Å². The van der Waals surface area contributed by atoms with Gasteiger partial charge in [0.25, 0.3) is 0 Å². The Hall–Kier alpha value is -0.340. The number of rotatable bonds is 3. The lowest BCUT2D eigenvalue weighted by atomic mass is 9.92. The van der Waals surface area contributed by atoms with Gasteiger partial charge in [-0.3, -0.25) is 0 Å². The first-order valence-corrected chi connectivity index (χ1v) is 4.55. The topological polar surface area (TPSA) is 29.5 Å². The van der Waals surface area contributed by atoms with Gasteiger partial charge in [0.2, 0.25) is 0 Å². The van der Waals surface area contributed by atoms with Crippen molar-refractivity contribution in [2.24, 2.45) is 5.92 Å². The molecule has 12 heavy (non-hydrogen) atoms. The van der Waals surface area contributed by atoms with Gasteiger partial charge in [-0.05, 0) is 26.7 Å². The summed E-state index contributed by atoms with van der Waals surface area (Å²) in [6.45, 7) is 8.56. The summed E-state index contributed by atoms with van der Waals surface area (Å²) < 4.78 is 5.38. The Labute approximate surface area is 74.2 Å². The third-order valence-electron chi connectivity index (χ3n) is 2.49. The highest BCUT2D eigenvalue weighted by atomic mass is 16.5. The average molecular weight is 170 g/mol. The van der Waals surface area contributed by atoms with Crippen LogP contribution in [0.15, 0.2) is 12.2 Å². The smallest absolute Gasteiger partial charge is 0.0630 e. The lowest BCUT2D eigenvalue weighted by Crippen LogP contribution is -2.26. The van der Waals surface area contributed by atoms with E-state index in [0.29, 0.717) is 12.3 Å². The second-order valence-corrected chi connectivity index (χ2v) is 3.76. The molecule has 1 saturated heterocycles. The molecular weight excluding hydrogens is 152 g/mol. The largest absolute Gasteiger partial charge is 0.392 e. The lowest BCUT2D eigenvalue weighted by Gasteiger charge is -2.20. The number of ether oxygens (including phenoxy) is 1. The van der Waals surface area contributed by atoms with E-state index in [1.165, 1.54) is 0 Å². The second kappa shape index (κ2) is 4.06. The van der Waals surface area contributed by atoms with Crippen molar-refractivity contribution < 1.29 is 9.84 Å². The van der Waals surface area contributed by atoms with Crippen molar-refractivity contribution in [3.05, 3.63) is 12.2 Å². The van der Waals surface area contributed by atoms with E-state index < -0.39 is 0 Å². The van der Waals surface area contributed by atoms with Crippen LogP contribution in [0, 0.1) is 5.92 Å². The van der Waals surface area contributed by atoms with Gasteiger partial charge in [0, 0.05) is 12.5 Å². The standard InChI is InChI=1S/C10H18O2/c1-7(2)6-10(11)9-4-5-12-8(9)3/h8-11H,1,4-6H2,2-3H3. The van der Waals surface area contributed by atoms with Crippen LogP contribution in [-0.4, -0.2) is 23.9 Å². The first-order chi connectivity index (χ1) is 5.61. The molecule has 0 bridgehead atoms. The fraction of sp³-hybridized carbons (Fsp3) is 0.800. The van der Waals surface area contributed by atoms with Crippen LogP contribution < -0.4 is 0 Å². The SMILES string of the molecule is C=C(C)CC(O)C1CCOC1C. The monoisotopic (exact) mass is 170 g/mol. The van der Waals surface area contributed by atoms with Gasteiger partial charge < -0.3 is 9.84 Å². The second-order valence-electron chi connectivity index (χ2n) is 3.76. The van der Waals surface area contributed by atoms with E-state index in [2.05, 4.69) is 6.58 Å². The van der Waals surface area contributed by atoms with Gasteiger partial charge in [0.1, 0.15) is 0 Å². The van der Waals surface area contributed by atoms with Gasteiger partial charge in [0.15, 0.2) is 0 Å². The summed E-state index contributed by atoms with van der Waals surface area (Å²) in [5.74, 6) is 0.307. The Bertz CT molecular complexity index is 165. The molecule has 1 aliphatic rings. The molecule has 2 heteroatoms. The van der Waals surface area contributed by atoms with Gasteiger partial charge in [-0.25, -0.2) is 0 Å². The van der Waals surface area contributed by atoms with Crippen LogP contribution in [0.5, 0.6) is 0 Å². The van der Waals surface area contributed by atoms with Gasteiger partial charge in [0.05, 0.1) is 12.2 Å². The predicted octanol–water partition coefficient (Wildman–Crippen LogP) is 1.74. The molecule has 1 heterocycles. The summed E-state index contributed by atoms with van der Waals surface area (Å²) in [5.41, 5.74) is 1.04. The summed E-state index contributed by atoms with van der Waals surface area (Å²) in [6.07, 6.45) is 1.63. The van der Waals surface area contributed by atoms with Crippen LogP contribution in [0.3, 0.4) is 0 Å². The highest BCUT2D eigenvalue weighted by Crippen LogP contribution is 2.26. The minimum Gasteiger partial charge on any atom is -0.392 e. The molecule has 0 aromatic heterocycles. The maximum Gasteiger partial charge on any atom is 0.0630 e. The van der Waals surface area contributed by atoms with Crippen LogP contribution in [0.2, 0.25) is 0 Å². The van der Waals surface area contributed by atoms with E-state index in [1.54, 1.807) is 0 Å². The van der Waals surface area contributed by atoms with Gasteiger partial charge in [-0.15, -0.1) is 6.58 Å². The molecule has 1 N–H and O–H groups in total. The minimum absolute atomic E-state index is 0.208. The van der Waals surface area contributed by atoms with Gasteiger partial charge in [-0.1, -0.05) is 5.57 Å². The van der Waals surface area contributed by atoms with E-state index in [1.807, 2.05) is 13.8 Å². The third-order valence-corrected chi connectivity index (χ3v) is 2.49. The van der Waals surface area contributed by atoms with Gasteiger partial charge in [-0.2, -0.15) is 0 Å². The van der Waals surface area contributed by atoms with E-state index in [-0.39, 0.29) is 12.2 Å². The van der Waals surface area contributed by atoms with Crippen molar-refractivity contribution in [1.29, 1.82) is 0 Å². The maximum atomic E-state index is 9.75.